The number of para-hydroxylation sites is 1. The van der Waals surface area contributed by atoms with Crippen molar-refractivity contribution in [3.8, 4) is 51.0 Å². The van der Waals surface area contributed by atoms with Gasteiger partial charge in [-0.2, -0.15) is 0 Å². The van der Waals surface area contributed by atoms with Crippen LogP contribution in [0.1, 0.15) is 31.4 Å². The maximum atomic E-state index is 6.76. The van der Waals surface area contributed by atoms with Gasteiger partial charge in [0.2, 0.25) is 0 Å². The molecule has 0 saturated carbocycles. The molecule has 3 aromatic heterocycles. The molecule has 0 aliphatic heterocycles. The summed E-state index contributed by atoms with van der Waals surface area (Å²) in [6.07, 6.45) is 9.36. The van der Waals surface area contributed by atoms with Crippen molar-refractivity contribution in [2.24, 2.45) is 0 Å². The third kappa shape index (κ3) is 4.55. The second-order valence-corrected chi connectivity index (χ2v) is 14.8. The summed E-state index contributed by atoms with van der Waals surface area (Å²) in [4.78, 5) is 15.5. The highest BCUT2D eigenvalue weighted by Crippen LogP contribution is 2.51. The molecule has 0 saturated heterocycles. The molecule has 2 aliphatic rings. The Morgan fingerprint density at radius 3 is 2.06 bits per heavy atom. The van der Waals surface area contributed by atoms with Gasteiger partial charge in [-0.25, -0.2) is 15.0 Å². The summed E-state index contributed by atoms with van der Waals surface area (Å²) in [5.41, 5.74) is 12.9. The SMILES string of the molecule is CC1(C)c2ccccc2-c2cc3c4ccccc4n(-c4cc(-c5nc(-c6ccccc6)nc(-c6ccccc6)n5)c5c6c(oc5c4)=CCC=CC=6)c3cc21. The van der Waals surface area contributed by atoms with Crippen molar-refractivity contribution in [1.29, 1.82) is 0 Å². The average molecular weight is 695 g/mol. The quantitative estimate of drug-likeness (QED) is 0.184. The first kappa shape index (κ1) is 30.7. The van der Waals surface area contributed by atoms with Crippen molar-refractivity contribution in [2.75, 3.05) is 0 Å². The Balaban J connectivity index is 1.24. The van der Waals surface area contributed by atoms with Gasteiger partial charge in [-0.15, -0.1) is 0 Å². The van der Waals surface area contributed by atoms with E-state index in [0.717, 1.165) is 61.4 Å². The molecule has 11 rings (SSSR count). The summed E-state index contributed by atoms with van der Waals surface area (Å²) in [7, 11) is 0. The van der Waals surface area contributed by atoms with Crippen molar-refractivity contribution in [2.45, 2.75) is 25.7 Å². The molecular formula is C49H34N4O. The molecule has 0 unspecified atom stereocenters. The number of hydrogen-bond acceptors (Lipinski definition) is 4. The highest BCUT2D eigenvalue weighted by molar-refractivity contribution is 6.12. The molecule has 0 spiro atoms. The molecule has 0 atom stereocenters. The highest BCUT2D eigenvalue weighted by Gasteiger charge is 2.36. The second kappa shape index (κ2) is 11.6. The lowest BCUT2D eigenvalue weighted by Gasteiger charge is -2.21. The highest BCUT2D eigenvalue weighted by atomic mass is 16.3. The van der Waals surface area contributed by atoms with Crippen LogP contribution in [0.15, 0.2) is 150 Å². The van der Waals surface area contributed by atoms with E-state index in [1.165, 1.54) is 33.0 Å². The normalized spacial score (nSPS) is 14.0. The molecular weight excluding hydrogens is 661 g/mol. The van der Waals surface area contributed by atoms with Crippen LogP contribution in [0.2, 0.25) is 0 Å². The van der Waals surface area contributed by atoms with E-state index in [1.54, 1.807) is 0 Å². The number of benzene rings is 6. The van der Waals surface area contributed by atoms with Gasteiger partial charge in [0.25, 0.3) is 0 Å². The zero-order chi connectivity index (χ0) is 36.0. The lowest BCUT2D eigenvalue weighted by atomic mass is 9.82. The summed E-state index contributed by atoms with van der Waals surface area (Å²) in [5.74, 6) is 1.84. The van der Waals surface area contributed by atoms with Gasteiger partial charge < -0.3 is 8.98 Å². The number of allylic oxidation sites excluding steroid dienone is 2. The van der Waals surface area contributed by atoms with Gasteiger partial charge in [0.1, 0.15) is 11.0 Å². The predicted molar refractivity (Wildman–Crippen MR) is 220 cm³/mol. The van der Waals surface area contributed by atoms with Crippen LogP contribution in [-0.2, 0) is 5.41 Å². The second-order valence-electron chi connectivity index (χ2n) is 14.8. The molecule has 256 valence electrons. The molecule has 5 heteroatoms. The minimum atomic E-state index is -0.138. The fourth-order valence-corrected chi connectivity index (χ4v) is 8.67. The minimum absolute atomic E-state index is 0.138. The summed E-state index contributed by atoms with van der Waals surface area (Å²) in [6, 6.07) is 47.1. The third-order valence-corrected chi connectivity index (χ3v) is 11.3. The maximum absolute atomic E-state index is 6.76. The Morgan fingerprint density at radius 1 is 0.593 bits per heavy atom. The van der Waals surface area contributed by atoms with Gasteiger partial charge >= 0.3 is 0 Å². The summed E-state index contributed by atoms with van der Waals surface area (Å²) < 4.78 is 9.16. The molecule has 0 N–H and O–H groups in total. The van der Waals surface area contributed by atoms with Crippen LogP contribution < -0.4 is 10.6 Å². The van der Waals surface area contributed by atoms with Crippen LogP contribution in [-0.4, -0.2) is 19.5 Å². The molecule has 0 radical (unpaired) electrons. The number of fused-ring (bicyclic) bond motifs is 9. The van der Waals surface area contributed by atoms with Crippen LogP contribution in [0.3, 0.4) is 0 Å². The molecule has 5 nitrogen and oxygen atoms in total. The van der Waals surface area contributed by atoms with E-state index >= 15 is 0 Å². The van der Waals surface area contributed by atoms with Crippen LogP contribution in [0.25, 0.3) is 95.9 Å². The maximum Gasteiger partial charge on any atom is 0.164 e. The van der Waals surface area contributed by atoms with Gasteiger partial charge in [-0.05, 0) is 59.0 Å². The monoisotopic (exact) mass is 694 g/mol. The third-order valence-electron chi connectivity index (χ3n) is 11.3. The van der Waals surface area contributed by atoms with Gasteiger partial charge in [0.05, 0.1) is 16.7 Å². The number of nitrogens with zero attached hydrogens (tertiary/aromatic N) is 4. The largest absolute Gasteiger partial charge is 0.456 e. The number of rotatable bonds is 4. The first-order valence-electron chi connectivity index (χ1n) is 18.5. The number of furan rings is 1. The smallest absolute Gasteiger partial charge is 0.164 e. The Kier molecular flexibility index (Phi) is 6.59. The van der Waals surface area contributed by atoms with Gasteiger partial charge in [0, 0.05) is 49.5 Å². The molecule has 0 bridgehead atoms. The summed E-state index contributed by atoms with van der Waals surface area (Å²) >= 11 is 0. The fourth-order valence-electron chi connectivity index (χ4n) is 8.67. The van der Waals surface area contributed by atoms with Crippen molar-refractivity contribution >= 4 is 44.9 Å². The Morgan fingerprint density at radius 2 is 1.28 bits per heavy atom. The van der Waals surface area contributed by atoms with Gasteiger partial charge in [-0.3, -0.25) is 0 Å². The van der Waals surface area contributed by atoms with Crippen LogP contribution >= 0.6 is 0 Å². The van der Waals surface area contributed by atoms with Crippen LogP contribution in [0.5, 0.6) is 0 Å². The average Bonchev–Trinajstić information content (AvgIpc) is 3.73. The van der Waals surface area contributed by atoms with E-state index in [1.807, 2.05) is 60.7 Å². The van der Waals surface area contributed by atoms with E-state index in [0.29, 0.717) is 17.5 Å². The van der Waals surface area contributed by atoms with E-state index in [4.69, 9.17) is 19.4 Å². The number of aromatic nitrogens is 4. The molecule has 3 heterocycles. The topological polar surface area (TPSA) is 56.7 Å². The first-order valence-corrected chi connectivity index (χ1v) is 18.5. The minimum Gasteiger partial charge on any atom is -0.456 e. The van der Waals surface area contributed by atoms with E-state index < -0.39 is 0 Å². The zero-order valence-corrected chi connectivity index (χ0v) is 29.9. The van der Waals surface area contributed by atoms with Gasteiger partial charge in [-0.1, -0.05) is 135 Å². The zero-order valence-electron chi connectivity index (χ0n) is 29.9. The van der Waals surface area contributed by atoms with E-state index in [9.17, 15) is 0 Å². The van der Waals surface area contributed by atoms with Crippen LogP contribution in [0.4, 0.5) is 0 Å². The Hall–Kier alpha value is -6.85. The summed E-state index contributed by atoms with van der Waals surface area (Å²) in [6.45, 7) is 4.68. The van der Waals surface area contributed by atoms with Crippen molar-refractivity contribution in [1.82, 2.24) is 19.5 Å². The molecule has 9 aromatic rings. The van der Waals surface area contributed by atoms with Gasteiger partial charge in [0.15, 0.2) is 17.5 Å². The van der Waals surface area contributed by atoms with Crippen molar-refractivity contribution in [3.63, 3.8) is 0 Å². The molecule has 6 aromatic carbocycles. The standard InChI is InChI=1S/C49H34N4O/c1-49(2)39-23-14-12-20-33(39)36-28-37-34-21-13-15-24-41(34)53(42(37)29-40(36)49)32-26-38(45-35-22-10-5-11-25-43(35)54-44(45)27-32)48-51-46(30-16-6-3-7-17-30)50-47(52-48)31-18-8-4-9-19-31/h3-10,12-29H,11H2,1-2H3. The lowest BCUT2D eigenvalue weighted by Crippen LogP contribution is -2.19. The number of hydrogen-bond donors (Lipinski definition) is 0. The van der Waals surface area contributed by atoms with E-state index in [2.05, 4.69) is 116 Å². The fraction of sp³-hybridized carbons (Fsp3) is 0.0816. The first-order chi connectivity index (χ1) is 26.5. The van der Waals surface area contributed by atoms with Crippen molar-refractivity contribution < 1.29 is 4.42 Å². The molecule has 0 fully saturated rings. The van der Waals surface area contributed by atoms with Crippen LogP contribution in [0, 0.1) is 0 Å². The molecule has 2 aliphatic carbocycles. The van der Waals surface area contributed by atoms with Crippen molar-refractivity contribution in [3.05, 3.63) is 167 Å². The Labute approximate surface area is 311 Å². The van der Waals surface area contributed by atoms with E-state index in [-0.39, 0.29) is 5.41 Å². The molecule has 0 amide bonds. The molecule has 54 heavy (non-hydrogen) atoms. The Bertz CT molecular complexity index is 3090. The summed E-state index contributed by atoms with van der Waals surface area (Å²) in [5, 5.41) is 4.44. The lowest BCUT2D eigenvalue weighted by molar-refractivity contribution is 0.574. The predicted octanol–water partition coefficient (Wildman–Crippen LogP) is 10.5.